The fourth-order valence-electron chi connectivity index (χ4n) is 2.08. The molecule has 2 N–H and O–H groups in total. The number of hydrogen-bond acceptors (Lipinski definition) is 4. The molecule has 120 valence electrons. The molecule has 0 aliphatic rings. The molecule has 0 spiro atoms. The fraction of sp³-hybridized carbons (Fsp3) is 0.188. The third kappa shape index (κ3) is 4.77. The molecule has 0 bridgehead atoms. The van der Waals surface area contributed by atoms with Crippen LogP contribution in [0.5, 0.6) is 0 Å². The lowest BCUT2D eigenvalue weighted by molar-refractivity contribution is -0.384. The summed E-state index contributed by atoms with van der Waals surface area (Å²) in [4.78, 5) is 22.1. The molecule has 1 amide bonds. The van der Waals surface area contributed by atoms with Crippen molar-refractivity contribution in [3.8, 4) is 0 Å². The molecule has 2 aromatic carbocycles. The Kier molecular flexibility index (Phi) is 5.67. The van der Waals surface area contributed by atoms with Gasteiger partial charge in [-0.2, -0.15) is 0 Å². The van der Waals surface area contributed by atoms with Gasteiger partial charge in [0.15, 0.2) is 0 Å². The van der Waals surface area contributed by atoms with E-state index in [4.69, 9.17) is 11.6 Å². The first kappa shape index (κ1) is 16.9. The number of carbonyl (C=O) groups excluding carboxylic acids is 1. The van der Waals surface area contributed by atoms with Crippen molar-refractivity contribution in [1.29, 1.82) is 0 Å². The number of rotatable bonds is 6. The summed E-state index contributed by atoms with van der Waals surface area (Å²) in [5, 5.41) is 17.0. The fourth-order valence-corrected chi connectivity index (χ4v) is 2.38. The lowest BCUT2D eigenvalue weighted by atomic mass is 10.1. The van der Waals surface area contributed by atoms with Crippen LogP contribution in [-0.2, 0) is 4.79 Å². The van der Waals surface area contributed by atoms with Crippen molar-refractivity contribution in [2.75, 3.05) is 11.9 Å². The van der Waals surface area contributed by atoms with Gasteiger partial charge >= 0.3 is 0 Å². The molecule has 0 heterocycles. The number of halogens is 1. The van der Waals surface area contributed by atoms with Crippen LogP contribution in [0.3, 0.4) is 0 Å². The molecule has 2 rings (SSSR count). The highest BCUT2D eigenvalue weighted by atomic mass is 35.5. The number of nitrogens with zero attached hydrogens (tertiary/aromatic N) is 1. The number of anilines is 1. The molecule has 0 fully saturated rings. The molecule has 0 aromatic heterocycles. The van der Waals surface area contributed by atoms with Crippen LogP contribution < -0.4 is 10.6 Å². The van der Waals surface area contributed by atoms with Crippen molar-refractivity contribution in [3.63, 3.8) is 0 Å². The second kappa shape index (κ2) is 7.71. The summed E-state index contributed by atoms with van der Waals surface area (Å²) in [6, 6.07) is 13.1. The van der Waals surface area contributed by atoms with Crippen LogP contribution in [0.25, 0.3) is 0 Å². The molecule has 0 radical (unpaired) electrons. The third-order valence-corrected chi connectivity index (χ3v) is 3.63. The van der Waals surface area contributed by atoms with E-state index in [-0.39, 0.29) is 24.2 Å². The van der Waals surface area contributed by atoms with E-state index in [0.29, 0.717) is 10.7 Å². The van der Waals surface area contributed by atoms with Crippen LogP contribution in [0.15, 0.2) is 48.5 Å². The van der Waals surface area contributed by atoms with Gasteiger partial charge in [0.05, 0.1) is 11.5 Å². The standard InChI is InChI=1S/C16H16ClN3O3/c1-11(14-7-2-3-8-15(14)17)18-10-16(21)19-12-5-4-6-13(9-12)20(22)23/h2-9,11,18H,10H2,1H3,(H,19,21)/t11-/m0/s1. The lowest BCUT2D eigenvalue weighted by Crippen LogP contribution is -2.30. The van der Waals surface area contributed by atoms with Crippen LogP contribution >= 0.6 is 11.6 Å². The molecule has 7 heteroatoms. The van der Waals surface area contributed by atoms with E-state index in [1.54, 1.807) is 12.1 Å². The van der Waals surface area contributed by atoms with Crippen molar-refractivity contribution >= 4 is 28.9 Å². The quantitative estimate of drug-likeness (QED) is 0.625. The van der Waals surface area contributed by atoms with Crippen molar-refractivity contribution in [1.82, 2.24) is 5.32 Å². The zero-order chi connectivity index (χ0) is 16.8. The van der Waals surface area contributed by atoms with Gasteiger partial charge in [-0.15, -0.1) is 0 Å². The molecular weight excluding hydrogens is 318 g/mol. The molecule has 0 aliphatic carbocycles. The maximum Gasteiger partial charge on any atom is 0.271 e. The number of nitro benzene ring substituents is 1. The van der Waals surface area contributed by atoms with E-state index in [1.807, 2.05) is 25.1 Å². The molecule has 6 nitrogen and oxygen atoms in total. The summed E-state index contributed by atoms with van der Waals surface area (Å²) in [6.07, 6.45) is 0. The minimum Gasteiger partial charge on any atom is -0.325 e. The Balaban J connectivity index is 1.91. The number of carbonyl (C=O) groups is 1. The minimum absolute atomic E-state index is 0.0646. The summed E-state index contributed by atoms with van der Waals surface area (Å²) in [6.45, 7) is 1.97. The van der Waals surface area contributed by atoms with Crippen molar-refractivity contribution < 1.29 is 9.72 Å². The summed E-state index contributed by atoms with van der Waals surface area (Å²) < 4.78 is 0. The Hall–Kier alpha value is -2.44. The maximum atomic E-state index is 11.9. The summed E-state index contributed by atoms with van der Waals surface area (Å²) in [7, 11) is 0. The number of non-ortho nitro benzene ring substituents is 1. The largest absolute Gasteiger partial charge is 0.325 e. The van der Waals surface area contributed by atoms with Gasteiger partial charge in [0.2, 0.25) is 5.91 Å². The third-order valence-electron chi connectivity index (χ3n) is 3.28. The van der Waals surface area contributed by atoms with Crippen molar-refractivity contribution in [3.05, 3.63) is 69.2 Å². The van der Waals surface area contributed by atoms with Crippen molar-refractivity contribution in [2.24, 2.45) is 0 Å². The molecule has 0 unspecified atom stereocenters. The van der Waals surface area contributed by atoms with Gasteiger partial charge in [-0.3, -0.25) is 14.9 Å². The van der Waals surface area contributed by atoms with E-state index >= 15 is 0 Å². The van der Waals surface area contributed by atoms with Gasteiger partial charge in [-0.25, -0.2) is 0 Å². The number of amides is 1. The van der Waals surface area contributed by atoms with Gasteiger partial charge in [0, 0.05) is 28.9 Å². The predicted octanol–water partition coefficient (Wildman–Crippen LogP) is 3.54. The Bertz CT molecular complexity index is 721. The average Bonchev–Trinajstić information content (AvgIpc) is 2.53. The molecule has 23 heavy (non-hydrogen) atoms. The zero-order valence-electron chi connectivity index (χ0n) is 12.5. The number of hydrogen-bond donors (Lipinski definition) is 2. The number of benzene rings is 2. The van der Waals surface area contributed by atoms with Gasteiger partial charge in [0.25, 0.3) is 5.69 Å². The second-order valence-corrected chi connectivity index (χ2v) is 5.39. The van der Waals surface area contributed by atoms with E-state index in [0.717, 1.165) is 5.56 Å². The zero-order valence-corrected chi connectivity index (χ0v) is 13.2. The van der Waals surface area contributed by atoms with E-state index < -0.39 is 4.92 Å². The summed E-state index contributed by atoms with van der Waals surface area (Å²) in [5.41, 5.74) is 1.22. The van der Waals surface area contributed by atoms with Gasteiger partial charge in [-0.1, -0.05) is 35.9 Å². The summed E-state index contributed by atoms with van der Waals surface area (Å²) in [5.74, 6) is -0.288. The van der Waals surface area contributed by atoms with Crippen molar-refractivity contribution in [2.45, 2.75) is 13.0 Å². The smallest absolute Gasteiger partial charge is 0.271 e. The SMILES string of the molecule is C[C@H](NCC(=O)Nc1cccc([N+](=O)[O-])c1)c1ccccc1Cl. The highest BCUT2D eigenvalue weighted by Gasteiger charge is 2.11. The lowest BCUT2D eigenvalue weighted by Gasteiger charge is -2.15. The van der Waals surface area contributed by atoms with E-state index in [2.05, 4.69) is 10.6 Å². The molecule has 0 aliphatic heterocycles. The van der Waals surface area contributed by atoms with Crippen LogP contribution in [0.1, 0.15) is 18.5 Å². The van der Waals surface area contributed by atoms with Gasteiger partial charge in [0.1, 0.15) is 0 Å². The second-order valence-electron chi connectivity index (χ2n) is 4.98. The Morgan fingerprint density at radius 1 is 1.26 bits per heavy atom. The number of nitro groups is 1. The van der Waals surface area contributed by atoms with Crippen LogP contribution in [0.4, 0.5) is 11.4 Å². The number of nitrogens with one attached hydrogen (secondary N) is 2. The molecule has 0 saturated heterocycles. The molecule has 1 atom stereocenters. The van der Waals surface area contributed by atoms with Crippen LogP contribution in [0, 0.1) is 10.1 Å². The minimum atomic E-state index is -0.507. The highest BCUT2D eigenvalue weighted by molar-refractivity contribution is 6.31. The Morgan fingerprint density at radius 2 is 2.00 bits per heavy atom. The topological polar surface area (TPSA) is 84.3 Å². The normalized spacial score (nSPS) is 11.7. The Morgan fingerprint density at radius 3 is 2.70 bits per heavy atom. The first-order valence-electron chi connectivity index (χ1n) is 6.99. The first-order valence-corrected chi connectivity index (χ1v) is 7.37. The average molecular weight is 334 g/mol. The first-order chi connectivity index (χ1) is 11.0. The molecule has 0 saturated carbocycles. The van der Waals surface area contributed by atoms with Gasteiger partial charge in [-0.05, 0) is 24.6 Å². The monoisotopic (exact) mass is 333 g/mol. The van der Waals surface area contributed by atoms with E-state index in [1.165, 1.54) is 18.2 Å². The van der Waals surface area contributed by atoms with E-state index in [9.17, 15) is 14.9 Å². The predicted molar refractivity (Wildman–Crippen MR) is 89.6 cm³/mol. The molecule has 2 aromatic rings. The molecular formula is C16H16ClN3O3. The maximum absolute atomic E-state index is 11.9. The highest BCUT2D eigenvalue weighted by Crippen LogP contribution is 2.22. The van der Waals surface area contributed by atoms with Crippen LogP contribution in [0.2, 0.25) is 5.02 Å². The summed E-state index contributed by atoms with van der Waals surface area (Å²) >= 11 is 6.11. The van der Waals surface area contributed by atoms with Gasteiger partial charge < -0.3 is 10.6 Å². The van der Waals surface area contributed by atoms with Crippen LogP contribution in [-0.4, -0.2) is 17.4 Å². The Labute approximate surface area is 138 Å².